The molecule has 0 radical (unpaired) electrons. The van der Waals surface area contributed by atoms with Crippen molar-refractivity contribution in [1.29, 1.82) is 0 Å². The van der Waals surface area contributed by atoms with Crippen molar-refractivity contribution in [1.82, 2.24) is 0 Å². The van der Waals surface area contributed by atoms with Gasteiger partial charge in [-0.15, -0.1) is 17.8 Å². The zero-order chi connectivity index (χ0) is 13.2. The third-order valence-electron chi connectivity index (χ3n) is 5.85. The van der Waals surface area contributed by atoms with E-state index in [1.165, 1.54) is 51.1 Å². The Bertz CT molecular complexity index is 296. The maximum absolute atomic E-state index is 6.49. The van der Waals surface area contributed by atoms with Crippen molar-refractivity contribution < 1.29 is 4.74 Å². The van der Waals surface area contributed by atoms with Crippen LogP contribution in [0.4, 0.5) is 0 Å². The van der Waals surface area contributed by atoms with Gasteiger partial charge in [-0.25, -0.2) is 0 Å². The first-order valence-electron chi connectivity index (χ1n) is 8.42. The number of rotatable bonds is 4. The van der Waals surface area contributed by atoms with E-state index in [0.717, 1.165) is 38.2 Å². The zero-order valence-corrected chi connectivity index (χ0v) is 14.5. The van der Waals surface area contributed by atoms with Crippen LogP contribution in [-0.2, 0) is 4.74 Å². The summed E-state index contributed by atoms with van der Waals surface area (Å²) in [6.07, 6.45) is 14.0. The summed E-state index contributed by atoms with van der Waals surface area (Å²) in [6.45, 7) is 2.33. The first-order valence-corrected chi connectivity index (χ1v) is 10.5. The monoisotopic (exact) mass is 300 g/mol. The maximum atomic E-state index is 6.49. The first-order chi connectivity index (χ1) is 9.33. The molecule has 1 aliphatic heterocycles. The van der Waals surface area contributed by atoms with Gasteiger partial charge in [0.25, 0.3) is 0 Å². The number of fused-ring (bicyclic) bond motifs is 1. The van der Waals surface area contributed by atoms with Crippen molar-refractivity contribution in [2.24, 2.45) is 17.8 Å². The molecule has 1 saturated heterocycles. The number of hydrogen-bond donors (Lipinski definition) is 0. The minimum absolute atomic E-state index is 0.552. The van der Waals surface area contributed by atoms with Crippen LogP contribution in [0, 0.1) is 17.8 Å². The molecule has 0 N–H and O–H groups in total. The Labute approximate surface area is 123 Å². The van der Waals surface area contributed by atoms with E-state index in [4.69, 9.17) is 4.74 Å². The molecule has 3 rings (SSSR count). The minimum Gasteiger partial charge on any atom is -0.374 e. The summed E-state index contributed by atoms with van der Waals surface area (Å²) < 4.78 is 6.49. The van der Waals surface area contributed by atoms with Gasteiger partial charge in [-0.3, -0.25) is 0 Å². The lowest BCUT2D eigenvalue weighted by molar-refractivity contribution is 0.00201. The van der Waals surface area contributed by atoms with Crippen molar-refractivity contribution in [3.05, 3.63) is 0 Å². The van der Waals surface area contributed by atoms with Crippen LogP contribution in [0.3, 0.4) is 0 Å². The lowest BCUT2D eigenvalue weighted by Gasteiger charge is -2.32. The normalized spacial score (nSPS) is 47.1. The molecule has 3 heteroatoms. The second kappa shape index (κ2) is 6.72. The van der Waals surface area contributed by atoms with Gasteiger partial charge in [-0.2, -0.15) is 0 Å². The van der Waals surface area contributed by atoms with Gasteiger partial charge in [0, 0.05) is 5.66 Å². The molecule has 3 aliphatic rings. The summed E-state index contributed by atoms with van der Waals surface area (Å²) in [5, 5.41) is 0. The van der Waals surface area contributed by atoms with Gasteiger partial charge in [0.05, 0.1) is 12.2 Å². The molecule has 19 heavy (non-hydrogen) atoms. The van der Waals surface area contributed by atoms with E-state index in [1.54, 1.807) is 0 Å². The quantitative estimate of drug-likeness (QED) is 0.703. The van der Waals surface area contributed by atoms with Crippen LogP contribution >= 0.6 is 17.8 Å². The fourth-order valence-corrected chi connectivity index (χ4v) is 7.10. The number of hydrogen-bond acceptors (Lipinski definition) is 1. The van der Waals surface area contributed by atoms with Crippen LogP contribution < -0.4 is 0 Å². The molecule has 8 unspecified atom stereocenters. The van der Waals surface area contributed by atoms with E-state index in [1.807, 2.05) is 0 Å². The van der Waals surface area contributed by atoms with Gasteiger partial charge in [0.15, 0.2) is 0 Å². The Hall–Kier alpha value is 0.820. The molecule has 8 atom stereocenters. The Kier molecular flexibility index (Phi) is 5.22. The van der Waals surface area contributed by atoms with Crippen molar-refractivity contribution >= 4 is 17.8 Å². The Morgan fingerprint density at radius 3 is 2.74 bits per heavy atom. The van der Waals surface area contributed by atoms with Crippen molar-refractivity contribution in [2.45, 2.75) is 69.7 Å². The first kappa shape index (κ1) is 14.7. The van der Waals surface area contributed by atoms with E-state index in [2.05, 4.69) is 16.2 Å². The van der Waals surface area contributed by atoms with E-state index in [0.29, 0.717) is 12.2 Å². The molecule has 0 amide bonds. The lowest BCUT2D eigenvalue weighted by Crippen LogP contribution is -2.28. The van der Waals surface area contributed by atoms with E-state index in [-0.39, 0.29) is 0 Å². The molecule has 1 heterocycles. The molecular weight excluding hydrogens is 270 g/mol. The molecule has 3 fully saturated rings. The van der Waals surface area contributed by atoms with Crippen molar-refractivity contribution in [3.63, 3.8) is 0 Å². The number of ether oxygens (including phenoxy) is 1. The predicted molar refractivity (Wildman–Crippen MR) is 88.7 cm³/mol. The van der Waals surface area contributed by atoms with Crippen LogP contribution in [0.15, 0.2) is 0 Å². The van der Waals surface area contributed by atoms with E-state index < -0.39 is 0 Å². The van der Waals surface area contributed by atoms with E-state index in [9.17, 15) is 0 Å². The summed E-state index contributed by atoms with van der Waals surface area (Å²) in [6, 6.07) is 0. The van der Waals surface area contributed by atoms with Gasteiger partial charge in [0.2, 0.25) is 0 Å². The van der Waals surface area contributed by atoms with Crippen LogP contribution in [0.5, 0.6) is 0 Å². The summed E-state index contributed by atoms with van der Waals surface area (Å²) in [5.74, 6) is 2.99. The van der Waals surface area contributed by atoms with Gasteiger partial charge >= 0.3 is 0 Å². The average Bonchev–Trinajstić information content (AvgIpc) is 3.02. The van der Waals surface area contributed by atoms with Crippen LogP contribution in [-0.4, -0.2) is 30.2 Å². The summed E-state index contributed by atoms with van der Waals surface area (Å²) in [4.78, 5) is 0. The van der Waals surface area contributed by atoms with Gasteiger partial charge in [-0.05, 0) is 55.8 Å². The average molecular weight is 300 g/mol. The van der Waals surface area contributed by atoms with Gasteiger partial charge in [0.1, 0.15) is 0 Å². The van der Waals surface area contributed by atoms with Crippen LogP contribution in [0.1, 0.15) is 51.9 Å². The third-order valence-corrected chi connectivity index (χ3v) is 7.85. The summed E-state index contributed by atoms with van der Waals surface area (Å²) in [5.41, 5.74) is 0.871. The van der Waals surface area contributed by atoms with Gasteiger partial charge < -0.3 is 4.74 Å². The summed E-state index contributed by atoms with van der Waals surface area (Å²) >= 11 is 0. The minimum atomic E-state index is 0.552. The van der Waals surface area contributed by atoms with E-state index >= 15 is 0 Å². The highest BCUT2D eigenvalue weighted by molar-refractivity contribution is 7.39. The SMILES string of the molecule is CCPC1CC(C2CCC3CCCCC32)OC1CP. The lowest BCUT2D eigenvalue weighted by atomic mass is 9.76. The fraction of sp³-hybridized carbons (Fsp3) is 1.00. The topological polar surface area (TPSA) is 9.23 Å². The molecule has 0 aromatic carbocycles. The molecule has 0 spiro atoms. The van der Waals surface area contributed by atoms with Crippen molar-refractivity contribution in [3.8, 4) is 0 Å². The second-order valence-electron chi connectivity index (χ2n) is 6.80. The molecule has 2 aliphatic carbocycles. The molecular formula is C16H30OP2. The van der Waals surface area contributed by atoms with Crippen LogP contribution in [0.2, 0.25) is 0 Å². The highest BCUT2D eigenvalue weighted by Gasteiger charge is 2.45. The maximum Gasteiger partial charge on any atom is 0.0679 e. The highest BCUT2D eigenvalue weighted by atomic mass is 31.1. The Morgan fingerprint density at radius 1 is 1.11 bits per heavy atom. The fourth-order valence-electron chi connectivity index (χ4n) is 4.99. The summed E-state index contributed by atoms with van der Waals surface area (Å²) in [7, 11) is 4.04. The molecule has 0 aromatic heterocycles. The molecule has 1 nitrogen and oxygen atoms in total. The molecule has 0 aromatic rings. The van der Waals surface area contributed by atoms with Gasteiger partial charge in [-0.1, -0.05) is 26.2 Å². The van der Waals surface area contributed by atoms with Crippen molar-refractivity contribution in [2.75, 3.05) is 12.3 Å². The Balaban J connectivity index is 1.63. The molecule has 0 bridgehead atoms. The zero-order valence-electron chi connectivity index (χ0n) is 12.3. The standard InChI is InChI=1S/C16H30OP2/c1-2-19-16-9-14(17-15(16)10-18)13-8-7-11-5-3-4-6-12(11)13/h11-16,19H,2-10,18H2,1H3. The Morgan fingerprint density at radius 2 is 1.95 bits per heavy atom. The highest BCUT2D eigenvalue weighted by Crippen LogP contribution is 2.51. The third kappa shape index (κ3) is 3.04. The molecule has 110 valence electrons. The largest absolute Gasteiger partial charge is 0.374 e. The van der Waals surface area contributed by atoms with Crippen LogP contribution in [0.25, 0.3) is 0 Å². The second-order valence-corrected chi connectivity index (χ2v) is 9.13. The smallest absolute Gasteiger partial charge is 0.0679 e. The predicted octanol–water partition coefficient (Wildman–Crippen LogP) is 4.30. The molecule has 2 saturated carbocycles.